The third kappa shape index (κ3) is 4.69. The molecule has 1 fully saturated rings. The molecule has 1 unspecified atom stereocenters. The Morgan fingerprint density at radius 3 is 2.96 bits per heavy atom. The number of hydrogen-bond acceptors (Lipinski definition) is 6. The highest BCUT2D eigenvalue weighted by Gasteiger charge is 2.34. The van der Waals surface area contributed by atoms with E-state index in [1.54, 1.807) is 0 Å². The van der Waals surface area contributed by atoms with Crippen LogP contribution in [0.3, 0.4) is 0 Å². The van der Waals surface area contributed by atoms with Crippen LogP contribution in [-0.4, -0.2) is 51.9 Å². The average Bonchev–Trinajstić information content (AvgIpc) is 3.10. The van der Waals surface area contributed by atoms with Gasteiger partial charge in [0.25, 0.3) is 5.56 Å². The minimum Gasteiger partial charge on any atom is -0.360 e. The zero-order chi connectivity index (χ0) is 18.0. The summed E-state index contributed by atoms with van der Waals surface area (Å²) >= 11 is 1.28. The lowest BCUT2D eigenvalue weighted by Gasteiger charge is -2.17. The molecule has 3 heterocycles. The molecule has 0 aromatic carbocycles. The number of alkyl halides is 3. The highest BCUT2D eigenvalue weighted by Crippen LogP contribution is 2.24. The van der Waals surface area contributed by atoms with Gasteiger partial charge in [-0.3, -0.25) is 9.69 Å². The van der Waals surface area contributed by atoms with Crippen LogP contribution < -0.4 is 10.9 Å². The van der Waals surface area contributed by atoms with Crippen LogP contribution in [0.25, 0.3) is 4.96 Å². The third-order valence-corrected chi connectivity index (χ3v) is 4.99. The summed E-state index contributed by atoms with van der Waals surface area (Å²) in [5, 5.41) is 7.91. The van der Waals surface area contributed by atoms with Crippen LogP contribution >= 0.6 is 11.3 Å². The van der Waals surface area contributed by atoms with Crippen molar-refractivity contribution < 1.29 is 13.2 Å². The van der Waals surface area contributed by atoms with E-state index in [4.69, 9.17) is 0 Å². The maximum Gasteiger partial charge on any atom is 0.401 e. The number of aryl methyl sites for hydroxylation is 1. The highest BCUT2D eigenvalue weighted by molar-refractivity contribution is 7.20. The lowest BCUT2D eigenvalue weighted by Crippen LogP contribution is -2.33. The van der Waals surface area contributed by atoms with Gasteiger partial charge in [-0.25, -0.2) is 4.98 Å². The number of hydrogen-bond donors (Lipinski definition) is 1. The molecule has 0 saturated carbocycles. The molecule has 6 nitrogen and oxygen atoms in total. The first kappa shape index (κ1) is 18.1. The first-order valence-corrected chi connectivity index (χ1v) is 9.08. The van der Waals surface area contributed by atoms with Gasteiger partial charge in [0.15, 0.2) is 0 Å². The Morgan fingerprint density at radius 1 is 1.44 bits per heavy atom. The summed E-state index contributed by atoms with van der Waals surface area (Å²) in [5.41, 5.74) is 0.538. The smallest absolute Gasteiger partial charge is 0.360 e. The largest absolute Gasteiger partial charge is 0.401 e. The van der Waals surface area contributed by atoms with E-state index in [9.17, 15) is 18.0 Å². The standard InChI is InChI=1S/C15H20F3N5OS/c1-2-3-11-6-12(24)23-14(20-11)25-13(21-23)19-7-10-4-5-22(8-10)9-15(16,17)18/h6,10H,2-5,7-9H2,1H3,(H,19,21). The molecule has 25 heavy (non-hydrogen) atoms. The van der Waals surface area contributed by atoms with E-state index in [-0.39, 0.29) is 11.5 Å². The number of anilines is 1. The minimum absolute atomic E-state index is 0.134. The van der Waals surface area contributed by atoms with Gasteiger partial charge in [0, 0.05) is 24.8 Å². The molecule has 1 N–H and O–H groups in total. The second-order valence-corrected chi connectivity index (χ2v) is 7.28. The summed E-state index contributed by atoms with van der Waals surface area (Å²) in [6.07, 6.45) is -1.79. The van der Waals surface area contributed by atoms with E-state index in [2.05, 4.69) is 15.4 Å². The first-order chi connectivity index (χ1) is 11.8. The Kier molecular flexibility index (Phi) is 5.28. The van der Waals surface area contributed by atoms with Crippen molar-refractivity contribution in [3.8, 4) is 0 Å². The molecule has 1 saturated heterocycles. The van der Waals surface area contributed by atoms with Gasteiger partial charge in [-0.05, 0) is 25.3 Å². The number of aromatic nitrogens is 3. The highest BCUT2D eigenvalue weighted by atomic mass is 32.1. The molecular weight excluding hydrogens is 355 g/mol. The van der Waals surface area contributed by atoms with Crippen LogP contribution in [-0.2, 0) is 6.42 Å². The molecule has 0 bridgehead atoms. The van der Waals surface area contributed by atoms with E-state index in [1.165, 1.54) is 26.8 Å². The van der Waals surface area contributed by atoms with E-state index in [0.717, 1.165) is 18.5 Å². The fourth-order valence-corrected chi connectivity index (χ4v) is 3.85. The van der Waals surface area contributed by atoms with Crippen LogP contribution in [0.1, 0.15) is 25.5 Å². The monoisotopic (exact) mass is 375 g/mol. The number of nitrogens with zero attached hydrogens (tertiary/aromatic N) is 4. The molecular formula is C15H20F3N5OS. The Bertz CT molecular complexity index is 788. The predicted molar refractivity (Wildman–Crippen MR) is 90.2 cm³/mol. The van der Waals surface area contributed by atoms with Crippen LogP contribution in [0.5, 0.6) is 0 Å². The summed E-state index contributed by atoms with van der Waals surface area (Å²) in [6, 6.07) is 1.49. The molecule has 3 rings (SSSR count). The van der Waals surface area contributed by atoms with Crippen molar-refractivity contribution in [3.63, 3.8) is 0 Å². The van der Waals surface area contributed by atoms with Gasteiger partial charge in [-0.2, -0.15) is 17.7 Å². The summed E-state index contributed by atoms with van der Waals surface area (Å²) in [4.78, 5) is 18.4. The Morgan fingerprint density at radius 2 is 2.24 bits per heavy atom. The molecule has 1 aliphatic rings. The number of nitrogens with one attached hydrogen (secondary N) is 1. The van der Waals surface area contributed by atoms with Gasteiger partial charge in [0.05, 0.1) is 6.54 Å². The minimum atomic E-state index is -4.15. The van der Waals surface area contributed by atoms with Gasteiger partial charge in [-0.15, -0.1) is 5.10 Å². The van der Waals surface area contributed by atoms with Crippen molar-refractivity contribution >= 4 is 21.4 Å². The number of likely N-dealkylation sites (tertiary alicyclic amines) is 1. The average molecular weight is 375 g/mol. The summed E-state index contributed by atoms with van der Waals surface area (Å²) in [5.74, 6) is 0.134. The van der Waals surface area contributed by atoms with Crippen LogP contribution in [0.15, 0.2) is 10.9 Å². The third-order valence-electron chi connectivity index (χ3n) is 4.12. The van der Waals surface area contributed by atoms with Gasteiger partial charge >= 0.3 is 6.18 Å². The van der Waals surface area contributed by atoms with Gasteiger partial charge < -0.3 is 5.32 Å². The van der Waals surface area contributed by atoms with Gasteiger partial charge in [-0.1, -0.05) is 24.7 Å². The van der Waals surface area contributed by atoms with Crippen molar-refractivity contribution in [1.82, 2.24) is 19.5 Å². The Hall–Kier alpha value is -1.68. The fourth-order valence-electron chi connectivity index (χ4n) is 3.02. The molecule has 0 spiro atoms. The van der Waals surface area contributed by atoms with E-state index >= 15 is 0 Å². The van der Waals surface area contributed by atoms with E-state index in [0.29, 0.717) is 36.1 Å². The van der Waals surface area contributed by atoms with Gasteiger partial charge in [0.2, 0.25) is 10.1 Å². The SMILES string of the molecule is CCCc1cc(=O)n2nc(NCC3CCN(CC(F)(F)F)C3)sc2n1. The second kappa shape index (κ2) is 7.28. The second-order valence-electron chi connectivity index (χ2n) is 6.32. The molecule has 1 atom stereocenters. The summed E-state index contributed by atoms with van der Waals surface area (Å²) in [6.45, 7) is 2.56. The lowest BCUT2D eigenvalue weighted by atomic mass is 10.1. The molecule has 0 radical (unpaired) electrons. The van der Waals surface area contributed by atoms with E-state index in [1.807, 2.05) is 6.92 Å². The van der Waals surface area contributed by atoms with Crippen LogP contribution in [0, 0.1) is 5.92 Å². The normalized spacial score (nSPS) is 19.0. The zero-order valence-electron chi connectivity index (χ0n) is 13.8. The molecule has 2 aromatic rings. The van der Waals surface area contributed by atoms with Crippen LogP contribution in [0.4, 0.5) is 18.3 Å². The Labute approximate surface area is 146 Å². The predicted octanol–water partition coefficient (Wildman–Crippen LogP) is 2.40. The number of fused-ring (bicyclic) bond motifs is 1. The van der Waals surface area contributed by atoms with Crippen molar-refractivity contribution in [3.05, 3.63) is 22.1 Å². The topological polar surface area (TPSA) is 62.5 Å². The van der Waals surface area contributed by atoms with Crippen molar-refractivity contribution in [2.75, 3.05) is 31.5 Å². The van der Waals surface area contributed by atoms with Crippen molar-refractivity contribution in [2.45, 2.75) is 32.4 Å². The molecule has 138 valence electrons. The number of halogens is 3. The number of rotatable bonds is 6. The van der Waals surface area contributed by atoms with Crippen molar-refractivity contribution in [2.24, 2.45) is 5.92 Å². The molecule has 1 aliphatic heterocycles. The molecule has 0 aliphatic carbocycles. The molecule has 2 aromatic heterocycles. The quantitative estimate of drug-likeness (QED) is 0.840. The maximum absolute atomic E-state index is 12.4. The maximum atomic E-state index is 12.4. The molecule has 10 heteroatoms. The van der Waals surface area contributed by atoms with E-state index < -0.39 is 12.7 Å². The van der Waals surface area contributed by atoms with Crippen molar-refractivity contribution in [1.29, 1.82) is 0 Å². The van der Waals surface area contributed by atoms with Gasteiger partial charge in [0.1, 0.15) is 0 Å². The molecule has 0 amide bonds. The fraction of sp³-hybridized carbons (Fsp3) is 0.667. The summed E-state index contributed by atoms with van der Waals surface area (Å²) in [7, 11) is 0. The Balaban J connectivity index is 1.60. The first-order valence-electron chi connectivity index (χ1n) is 8.27. The van der Waals surface area contributed by atoms with Crippen LogP contribution in [0.2, 0.25) is 0 Å². The summed E-state index contributed by atoms with van der Waals surface area (Å²) < 4.78 is 38.5. The zero-order valence-corrected chi connectivity index (χ0v) is 14.7. The lowest BCUT2D eigenvalue weighted by molar-refractivity contribution is -0.143.